The number of allylic oxidation sites excluding steroid dienone is 2. The molecule has 20 heavy (non-hydrogen) atoms. The zero-order chi connectivity index (χ0) is 15.3. The minimum atomic E-state index is -0.978. The van der Waals surface area contributed by atoms with Crippen LogP contribution in [0.4, 0.5) is 0 Å². The van der Waals surface area contributed by atoms with E-state index in [2.05, 4.69) is 10.6 Å². The maximum absolute atomic E-state index is 12.1. The van der Waals surface area contributed by atoms with Gasteiger partial charge in [-0.05, 0) is 33.6 Å². The summed E-state index contributed by atoms with van der Waals surface area (Å²) in [6, 6.07) is -0.684. The molecule has 112 valence electrons. The van der Waals surface area contributed by atoms with Gasteiger partial charge in [0.05, 0.1) is 11.8 Å². The Kier molecular flexibility index (Phi) is 5.73. The van der Waals surface area contributed by atoms with Crippen molar-refractivity contribution in [2.75, 3.05) is 0 Å². The Morgan fingerprint density at radius 1 is 1.05 bits per heavy atom. The van der Waals surface area contributed by atoms with Crippen LogP contribution in [-0.4, -0.2) is 35.0 Å². The van der Waals surface area contributed by atoms with Crippen molar-refractivity contribution in [3.63, 3.8) is 0 Å². The lowest BCUT2D eigenvalue weighted by atomic mass is 9.82. The van der Waals surface area contributed by atoms with E-state index in [9.17, 15) is 14.4 Å². The second-order valence-electron chi connectivity index (χ2n) is 5.39. The van der Waals surface area contributed by atoms with Crippen LogP contribution in [0.3, 0.4) is 0 Å². The zero-order valence-corrected chi connectivity index (χ0v) is 12.1. The van der Waals surface area contributed by atoms with Gasteiger partial charge in [-0.25, -0.2) is 0 Å². The molecule has 0 saturated heterocycles. The van der Waals surface area contributed by atoms with Gasteiger partial charge in [0.1, 0.15) is 6.04 Å². The Hall–Kier alpha value is -1.85. The highest BCUT2D eigenvalue weighted by atomic mass is 16.4. The van der Waals surface area contributed by atoms with Gasteiger partial charge in [-0.3, -0.25) is 14.4 Å². The number of hydrogen-bond acceptors (Lipinski definition) is 3. The van der Waals surface area contributed by atoms with Crippen LogP contribution in [-0.2, 0) is 14.4 Å². The second kappa shape index (κ2) is 7.07. The third-order valence-corrected chi connectivity index (χ3v) is 3.27. The van der Waals surface area contributed by atoms with E-state index in [0.717, 1.165) is 0 Å². The summed E-state index contributed by atoms with van der Waals surface area (Å²) < 4.78 is 0. The monoisotopic (exact) mass is 282 g/mol. The maximum atomic E-state index is 12.1. The number of carboxylic acid groups (broad SMARTS) is 1. The molecule has 0 fully saturated rings. The average Bonchev–Trinajstić information content (AvgIpc) is 2.37. The summed E-state index contributed by atoms with van der Waals surface area (Å²) in [4.78, 5) is 35.0. The van der Waals surface area contributed by atoms with Gasteiger partial charge < -0.3 is 15.7 Å². The van der Waals surface area contributed by atoms with E-state index in [4.69, 9.17) is 5.11 Å². The van der Waals surface area contributed by atoms with Gasteiger partial charge in [0.15, 0.2) is 0 Å². The van der Waals surface area contributed by atoms with Gasteiger partial charge >= 0.3 is 5.97 Å². The first-order valence-corrected chi connectivity index (χ1v) is 6.81. The number of aliphatic carboxylic acids is 1. The van der Waals surface area contributed by atoms with Crippen LogP contribution in [0.15, 0.2) is 12.2 Å². The van der Waals surface area contributed by atoms with Crippen molar-refractivity contribution in [3.8, 4) is 0 Å². The second-order valence-corrected chi connectivity index (χ2v) is 5.39. The average molecular weight is 282 g/mol. The van der Waals surface area contributed by atoms with Crippen molar-refractivity contribution in [2.24, 2.45) is 11.8 Å². The fourth-order valence-corrected chi connectivity index (χ4v) is 2.17. The predicted octanol–water partition coefficient (Wildman–Crippen LogP) is 0.683. The number of carboxylic acids is 1. The summed E-state index contributed by atoms with van der Waals surface area (Å²) in [5.74, 6) is -2.97. The van der Waals surface area contributed by atoms with Crippen LogP contribution in [0.5, 0.6) is 0 Å². The lowest BCUT2D eigenvalue weighted by Gasteiger charge is -2.26. The third-order valence-electron chi connectivity index (χ3n) is 3.27. The number of amides is 2. The predicted molar refractivity (Wildman–Crippen MR) is 73.9 cm³/mol. The number of carbonyl (C=O) groups excluding carboxylic acids is 2. The number of rotatable bonds is 5. The number of hydrogen-bond donors (Lipinski definition) is 3. The molecular formula is C14H22N2O4. The highest BCUT2D eigenvalue weighted by Gasteiger charge is 2.34. The number of nitrogens with one attached hydrogen (secondary N) is 2. The first-order valence-electron chi connectivity index (χ1n) is 6.81. The number of carbonyl (C=O) groups is 3. The smallest absolute Gasteiger partial charge is 0.307 e. The molecule has 3 N–H and O–H groups in total. The lowest BCUT2D eigenvalue weighted by Crippen LogP contribution is -2.49. The molecule has 0 aliphatic heterocycles. The van der Waals surface area contributed by atoms with Crippen molar-refractivity contribution in [3.05, 3.63) is 12.2 Å². The lowest BCUT2D eigenvalue weighted by molar-refractivity contribution is -0.147. The molecule has 0 aromatic rings. The Labute approximate surface area is 118 Å². The highest BCUT2D eigenvalue weighted by Crippen LogP contribution is 2.26. The van der Waals surface area contributed by atoms with E-state index in [-0.39, 0.29) is 17.9 Å². The molecule has 6 heteroatoms. The van der Waals surface area contributed by atoms with Crippen molar-refractivity contribution in [1.82, 2.24) is 10.6 Å². The van der Waals surface area contributed by atoms with Crippen molar-refractivity contribution in [1.29, 1.82) is 0 Å². The van der Waals surface area contributed by atoms with E-state index in [1.807, 2.05) is 19.9 Å². The van der Waals surface area contributed by atoms with E-state index < -0.39 is 23.8 Å². The molecule has 1 aliphatic rings. The summed E-state index contributed by atoms with van der Waals surface area (Å²) in [5.41, 5.74) is 0. The molecule has 0 radical (unpaired) electrons. The van der Waals surface area contributed by atoms with E-state index >= 15 is 0 Å². The largest absolute Gasteiger partial charge is 0.481 e. The van der Waals surface area contributed by atoms with Crippen LogP contribution >= 0.6 is 0 Å². The van der Waals surface area contributed by atoms with Gasteiger partial charge in [-0.2, -0.15) is 0 Å². The first-order chi connectivity index (χ1) is 9.32. The quantitative estimate of drug-likeness (QED) is 0.646. The van der Waals surface area contributed by atoms with Crippen LogP contribution in [0.25, 0.3) is 0 Å². The Bertz CT molecular complexity index is 417. The molecule has 0 bridgehead atoms. The minimum Gasteiger partial charge on any atom is -0.481 e. The topological polar surface area (TPSA) is 95.5 Å². The Morgan fingerprint density at radius 2 is 1.60 bits per heavy atom. The third kappa shape index (κ3) is 4.36. The Balaban J connectivity index is 2.63. The van der Waals surface area contributed by atoms with E-state index in [1.54, 1.807) is 13.0 Å². The minimum absolute atomic E-state index is 0.00812. The fourth-order valence-electron chi connectivity index (χ4n) is 2.17. The van der Waals surface area contributed by atoms with Gasteiger partial charge in [0.25, 0.3) is 0 Å². The molecule has 2 amide bonds. The van der Waals surface area contributed by atoms with Gasteiger partial charge in [0, 0.05) is 6.04 Å². The first kappa shape index (κ1) is 16.2. The molecular weight excluding hydrogens is 260 g/mol. The van der Waals surface area contributed by atoms with Crippen LogP contribution in [0.1, 0.15) is 33.6 Å². The van der Waals surface area contributed by atoms with Gasteiger partial charge in [-0.1, -0.05) is 12.2 Å². The van der Waals surface area contributed by atoms with Crippen molar-refractivity contribution < 1.29 is 19.5 Å². The Morgan fingerprint density at radius 3 is 2.10 bits per heavy atom. The van der Waals surface area contributed by atoms with Crippen LogP contribution in [0, 0.1) is 11.8 Å². The summed E-state index contributed by atoms with van der Waals surface area (Å²) in [7, 11) is 0. The fraction of sp³-hybridized carbons (Fsp3) is 0.643. The van der Waals surface area contributed by atoms with Crippen LogP contribution < -0.4 is 10.6 Å². The molecule has 0 saturated carbocycles. The van der Waals surface area contributed by atoms with Crippen molar-refractivity contribution in [2.45, 2.75) is 45.7 Å². The molecule has 0 aromatic carbocycles. The zero-order valence-electron chi connectivity index (χ0n) is 12.1. The SMILES string of the molecule is CC(C)NC(=O)C(C)NC(=O)[C@@H]1CC=CC[C@@H]1C(=O)O. The molecule has 1 rings (SSSR count). The molecule has 6 nitrogen and oxygen atoms in total. The van der Waals surface area contributed by atoms with Gasteiger partial charge in [-0.15, -0.1) is 0 Å². The summed E-state index contributed by atoms with van der Waals surface area (Å²) in [5, 5.41) is 14.4. The molecule has 3 atom stereocenters. The molecule has 0 aromatic heterocycles. The normalized spacial score (nSPS) is 23.2. The van der Waals surface area contributed by atoms with E-state index in [1.165, 1.54) is 0 Å². The van der Waals surface area contributed by atoms with Crippen molar-refractivity contribution >= 4 is 17.8 Å². The molecule has 1 unspecified atom stereocenters. The summed E-state index contributed by atoms with van der Waals surface area (Å²) >= 11 is 0. The van der Waals surface area contributed by atoms with E-state index in [0.29, 0.717) is 12.8 Å². The summed E-state index contributed by atoms with van der Waals surface area (Å²) in [6.07, 6.45) is 4.32. The van der Waals surface area contributed by atoms with Crippen LogP contribution in [0.2, 0.25) is 0 Å². The standard InChI is InChI=1S/C14H22N2O4/c1-8(2)15-12(17)9(3)16-13(18)10-6-4-5-7-11(10)14(19)20/h4-5,8-11H,6-7H2,1-3H3,(H,15,17)(H,16,18)(H,19,20)/t9?,10-,11+/m1/s1. The molecule has 1 aliphatic carbocycles. The maximum Gasteiger partial charge on any atom is 0.307 e. The highest BCUT2D eigenvalue weighted by molar-refractivity contribution is 5.90. The van der Waals surface area contributed by atoms with Gasteiger partial charge in [0.2, 0.25) is 11.8 Å². The molecule has 0 spiro atoms. The molecule has 0 heterocycles. The summed E-state index contributed by atoms with van der Waals surface area (Å²) in [6.45, 7) is 5.25.